The summed E-state index contributed by atoms with van der Waals surface area (Å²) in [5.74, 6) is -0.000545. The minimum absolute atomic E-state index is 0. The molecule has 24 heavy (non-hydrogen) atoms. The third-order valence-corrected chi connectivity index (χ3v) is 4.21. The minimum Gasteiger partial charge on any atom is -0.366 e. The lowest BCUT2D eigenvalue weighted by Crippen LogP contribution is -2.55. The highest BCUT2D eigenvalue weighted by Gasteiger charge is 2.30. The fourth-order valence-corrected chi connectivity index (χ4v) is 2.98. The number of hydrogen-bond donors (Lipinski definition) is 1. The summed E-state index contributed by atoms with van der Waals surface area (Å²) in [6.45, 7) is 4.12. The zero-order valence-corrected chi connectivity index (χ0v) is 14.0. The first-order valence-corrected chi connectivity index (χ1v) is 7.76. The van der Waals surface area contributed by atoms with E-state index in [9.17, 15) is 14.9 Å². The van der Waals surface area contributed by atoms with Gasteiger partial charge >= 0.3 is 0 Å². The highest BCUT2D eigenvalue weighted by atomic mass is 35.5. The van der Waals surface area contributed by atoms with Crippen molar-refractivity contribution in [2.45, 2.75) is 6.10 Å². The first-order valence-electron chi connectivity index (χ1n) is 7.76. The Morgan fingerprint density at radius 3 is 2.58 bits per heavy atom. The van der Waals surface area contributed by atoms with Gasteiger partial charge in [0.25, 0.3) is 11.6 Å². The van der Waals surface area contributed by atoms with Crippen LogP contribution in [0, 0.1) is 10.1 Å². The molecule has 0 spiro atoms. The van der Waals surface area contributed by atoms with Crippen LogP contribution in [0.4, 0.5) is 11.4 Å². The van der Waals surface area contributed by atoms with Gasteiger partial charge in [0.2, 0.25) is 0 Å². The smallest absolute Gasteiger partial charge is 0.292 e. The number of carbonyl (C=O) groups is 1. The predicted octanol–water partition coefficient (Wildman–Crippen LogP) is 0.654. The van der Waals surface area contributed by atoms with Crippen LogP contribution < -0.4 is 10.2 Å². The molecule has 1 unspecified atom stereocenters. The molecule has 2 aliphatic heterocycles. The van der Waals surface area contributed by atoms with Crippen molar-refractivity contribution >= 4 is 29.7 Å². The average Bonchev–Trinajstić information content (AvgIpc) is 2.62. The molecule has 1 aromatic rings. The van der Waals surface area contributed by atoms with Gasteiger partial charge in [0.1, 0.15) is 11.8 Å². The molecule has 1 amide bonds. The number of carbonyl (C=O) groups excluding carboxylic acids is 1. The molecule has 3 rings (SSSR count). The average molecular weight is 357 g/mol. The molecule has 1 atom stereocenters. The van der Waals surface area contributed by atoms with Crippen LogP contribution in [-0.4, -0.2) is 67.7 Å². The van der Waals surface area contributed by atoms with Crippen LogP contribution >= 0.6 is 12.4 Å². The quantitative estimate of drug-likeness (QED) is 0.632. The van der Waals surface area contributed by atoms with Gasteiger partial charge in [0.15, 0.2) is 0 Å². The number of nitrogens with one attached hydrogen (secondary N) is 1. The van der Waals surface area contributed by atoms with Crippen LogP contribution in [0.25, 0.3) is 0 Å². The van der Waals surface area contributed by atoms with E-state index >= 15 is 0 Å². The summed E-state index contributed by atoms with van der Waals surface area (Å²) in [5, 5.41) is 14.3. The maximum atomic E-state index is 12.4. The number of rotatable bonds is 3. The number of nitro groups is 1. The van der Waals surface area contributed by atoms with Crippen molar-refractivity contribution < 1.29 is 14.5 Å². The molecule has 1 N–H and O–H groups in total. The minimum atomic E-state index is -0.415. The lowest BCUT2D eigenvalue weighted by molar-refractivity contribution is -0.384. The highest BCUT2D eigenvalue weighted by Crippen LogP contribution is 2.28. The fraction of sp³-hybridized carbons (Fsp3) is 0.533. The largest absolute Gasteiger partial charge is 0.366 e. The highest BCUT2D eigenvalue weighted by molar-refractivity contribution is 5.85. The number of anilines is 1. The molecule has 0 radical (unpaired) electrons. The first-order chi connectivity index (χ1) is 11.2. The van der Waals surface area contributed by atoms with Gasteiger partial charge in [0.05, 0.1) is 11.5 Å². The lowest BCUT2D eigenvalue weighted by atomic mass is 10.2. The molecule has 2 heterocycles. The van der Waals surface area contributed by atoms with E-state index in [-0.39, 0.29) is 28.9 Å². The molecule has 2 aliphatic rings. The molecular weight excluding hydrogens is 336 g/mol. The van der Waals surface area contributed by atoms with Crippen LogP contribution in [0.5, 0.6) is 0 Å². The standard InChI is InChI=1S/C15H20N4O4.ClH/c20-15(14-11-16-5-10-23-14)18-8-6-17(7-9-18)12-3-1-2-4-13(12)19(21)22;/h1-4,14,16H,5-11H2;1H. The molecule has 2 fully saturated rings. The topological polar surface area (TPSA) is 88.0 Å². The van der Waals surface area contributed by atoms with Gasteiger partial charge in [-0.3, -0.25) is 14.9 Å². The van der Waals surface area contributed by atoms with Crippen LogP contribution in [0.15, 0.2) is 24.3 Å². The summed E-state index contributed by atoms with van der Waals surface area (Å²) in [6.07, 6.45) is -0.415. The zero-order chi connectivity index (χ0) is 16.2. The SMILES string of the molecule is Cl.O=C(C1CNCCO1)N1CCN(c2ccccc2[N+](=O)[O-])CC1. The van der Waals surface area contributed by atoms with Crippen molar-refractivity contribution in [1.29, 1.82) is 0 Å². The molecule has 132 valence electrons. The predicted molar refractivity (Wildman–Crippen MR) is 91.7 cm³/mol. The zero-order valence-electron chi connectivity index (χ0n) is 13.2. The van der Waals surface area contributed by atoms with Gasteiger partial charge in [-0.1, -0.05) is 12.1 Å². The third kappa shape index (κ3) is 3.95. The van der Waals surface area contributed by atoms with E-state index in [1.54, 1.807) is 23.1 Å². The van der Waals surface area contributed by atoms with Crippen LogP contribution in [-0.2, 0) is 9.53 Å². The number of nitrogens with zero attached hydrogens (tertiary/aromatic N) is 3. The Labute approximate surface area is 146 Å². The van der Waals surface area contributed by atoms with E-state index in [0.29, 0.717) is 45.0 Å². The number of nitro benzene ring substituents is 1. The van der Waals surface area contributed by atoms with E-state index in [1.165, 1.54) is 6.07 Å². The summed E-state index contributed by atoms with van der Waals surface area (Å²) in [5.41, 5.74) is 0.715. The Morgan fingerprint density at radius 1 is 1.25 bits per heavy atom. The molecule has 9 heteroatoms. The van der Waals surface area contributed by atoms with E-state index < -0.39 is 6.10 Å². The molecule has 0 aliphatic carbocycles. The van der Waals surface area contributed by atoms with Crippen molar-refractivity contribution in [3.8, 4) is 0 Å². The van der Waals surface area contributed by atoms with Gasteiger partial charge in [0, 0.05) is 45.3 Å². The second-order valence-corrected chi connectivity index (χ2v) is 5.62. The lowest BCUT2D eigenvalue weighted by Gasteiger charge is -2.37. The molecule has 0 bridgehead atoms. The summed E-state index contributed by atoms with van der Waals surface area (Å²) in [6, 6.07) is 6.72. The van der Waals surface area contributed by atoms with Gasteiger partial charge in [-0.05, 0) is 6.07 Å². The molecule has 1 aromatic carbocycles. The van der Waals surface area contributed by atoms with Crippen molar-refractivity contribution in [3.63, 3.8) is 0 Å². The molecule has 8 nitrogen and oxygen atoms in total. The number of ether oxygens (including phenoxy) is 1. The van der Waals surface area contributed by atoms with E-state index in [4.69, 9.17) is 4.74 Å². The number of halogens is 1. The van der Waals surface area contributed by atoms with Crippen molar-refractivity contribution in [2.75, 3.05) is 50.8 Å². The van der Waals surface area contributed by atoms with Crippen LogP contribution in [0.1, 0.15) is 0 Å². The van der Waals surface area contributed by atoms with E-state index in [1.807, 2.05) is 4.90 Å². The monoisotopic (exact) mass is 356 g/mol. The summed E-state index contributed by atoms with van der Waals surface area (Å²) in [7, 11) is 0. The molecule has 0 saturated carbocycles. The number of piperazine rings is 1. The number of amides is 1. The second-order valence-electron chi connectivity index (χ2n) is 5.62. The van der Waals surface area contributed by atoms with Gasteiger partial charge in [-0.15, -0.1) is 12.4 Å². The third-order valence-electron chi connectivity index (χ3n) is 4.21. The summed E-state index contributed by atoms with van der Waals surface area (Å²) >= 11 is 0. The Bertz CT molecular complexity index is 587. The van der Waals surface area contributed by atoms with Crippen LogP contribution in [0.2, 0.25) is 0 Å². The fourth-order valence-electron chi connectivity index (χ4n) is 2.98. The van der Waals surface area contributed by atoms with Crippen LogP contribution in [0.3, 0.4) is 0 Å². The number of para-hydroxylation sites is 2. The Kier molecular flexibility index (Phi) is 6.36. The summed E-state index contributed by atoms with van der Waals surface area (Å²) in [4.78, 5) is 26.9. The normalized spacial score (nSPS) is 21.1. The van der Waals surface area contributed by atoms with Crippen molar-refractivity contribution in [1.82, 2.24) is 10.2 Å². The summed E-state index contributed by atoms with van der Waals surface area (Å²) < 4.78 is 5.50. The number of morpholine rings is 1. The maximum absolute atomic E-state index is 12.4. The van der Waals surface area contributed by atoms with E-state index in [2.05, 4.69) is 5.32 Å². The maximum Gasteiger partial charge on any atom is 0.292 e. The number of hydrogen-bond acceptors (Lipinski definition) is 6. The van der Waals surface area contributed by atoms with Crippen molar-refractivity contribution in [2.24, 2.45) is 0 Å². The Hall–Kier alpha value is -1.90. The molecule has 2 saturated heterocycles. The molecule has 0 aromatic heterocycles. The van der Waals surface area contributed by atoms with Crippen molar-refractivity contribution in [3.05, 3.63) is 34.4 Å². The molecular formula is C15H21ClN4O4. The van der Waals surface area contributed by atoms with Gasteiger partial charge in [-0.25, -0.2) is 0 Å². The van der Waals surface area contributed by atoms with E-state index in [0.717, 1.165) is 6.54 Å². The first kappa shape index (κ1) is 18.4. The Morgan fingerprint density at radius 2 is 1.96 bits per heavy atom. The number of benzene rings is 1. The second kappa shape index (κ2) is 8.27. The Balaban J connectivity index is 0.00000208. The van der Waals surface area contributed by atoms with Gasteiger partial charge < -0.3 is 19.9 Å². The van der Waals surface area contributed by atoms with Gasteiger partial charge in [-0.2, -0.15) is 0 Å².